The number of hydrogen-bond acceptors (Lipinski definition) is 3. The van der Waals surface area contributed by atoms with Crippen molar-refractivity contribution in [1.82, 2.24) is 0 Å². The Morgan fingerprint density at radius 1 is 1.35 bits per heavy atom. The highest BCUT2D eigenvalue weighted by molar-refractivity contribution is 5.30. The van der Waals surface area contributed by atoms with Gasteiger partial charge in [0.15, 0.2) is 0 Å². The van der Waals surface area contributed by atoms with Crippen LogP contribution in [0.1, 0.15) is 31.9 Å². The van der Waals surface area contributed by atoms with Crippen LogP contribution in [-0.4, -0.2) is 19.8 Å². The summed E-state index contributed by atoms with van der Waals surface area (Å²) in [6.45, 7) is 5.59. The van der Waals surface area contributed by atoms with Gasteiger partial charge in [-0.3, -0.25) is 0 Å². The van der Waals surface area contributed by atoms with Crippen LogP contribution < -0.4 is 10.5 Å². The van der Waals surface area contributed by atoms with Gasteiger partial charge in [0.1, 0.15) is 11.6 Å². The van der Waals surface area contributed by atoms with Gasteiger partial charge in [0, 0.05) is 37.3 Å². The third-order valence-electron chi connectivity index (χ3n) is 2.37. The predicted molar refractivity (Wildman–Crippen MR) is 65.6 cm³/mol. The molecule has 0 saturated heterocycles. The molecule has 0 aliphatic carbocycles. The third kappa shape index (κ3) is 4.71. The van der Waals surface area contributed by atoms with E-state index in [0.717, 1.165) is 6.42 Å². The molecule has 1 aromatic rings. The van der Waals surface area contributed by atoms with Crippen LogP contribution in [0.15, 0.2) is 18.2 Å². The summed E-state index contributed by atoms with van der Waals surface area (Å²) in [6, 6.07) is 4.47. The fourth-order valence-corrected chi connectivity index (χ4v) is 1.46. The number of rotatable bonds is 7. The largest absolute Gasteiger partial charge is 0.493 e. The summed E-state index contributed by atoms with van der Waals surface area (Å²) in [7, 11) is 0. The molecule has 0 amide bonds. The van der Waals surface area contributed by atoms with Crippen molar-refractivity contribution in [2.75, 3.05) is 19.8 Å². The van der Waals surface area contributed by atoms with Gasteiger partial charge < -0.3 is 15.2 Å². The summed E-state index contributed by atoms with van der Waals surface area (Å²) in [5.74, 6) is 0.214. The first-order valence-electron chi connectivity index (χ1n) is 5.90. The molecule has 17 heavy (non-hydrogen) atoms. The Balaban J connectivity index is 2.42. The fourth-order valence-electron chi connectivity index (χ4n) is 1.46. The summed E-state index contributed by atoms with van der Waals surface area (Å²) in [6.07, 6.45) is 0.796. The second-order valence-corrected chi connectivity index (χ2v) is 3.87. The van der Waals surface area contributed by atoms with Crippen LogP contribution in [0.2, 0.25) is 0 Å². The van der Waals surface area contributed by atoms with E-state index < -0.39 is 0 Å². The van der Waals surface area contributed by atoms with Crippen molar-refractivity contribution in [2.45, 2.75) is 26.3 Å². The number of hydrogen-bond donors (Lipinski definition) is 1. The molecule has 2 N–H and O–H groups in total. The van der Waals surface area contributed by atoms with Crippen LogP contribution in [-0.2, 0) is 4.74 Å². The first kappa shape index (κ1) is 13.9. The number of nitrogens with two attached hydrogens (primary N) is 1. The Kier molecular flexibility index (Phi) is 5.94. The molecule has 3 nitrogen and oxygen atoms in total. The molecule has 4 heteroatoms. The minimum Gasteiger partial charge on any atom is -0.493 e. The second kappa shape index (κ2) is 7.25. The molecule has 0 heterocycles. The van der Waals surface area contributed by atoms with Crippen LogP contribution in [0.3, 0.4) is 0 Å². The molecule has 0 radical (unpaired) electrons. The van der Waals surface area contributed by atoms with Gasteiger partial charge in [0.25, 0.3) is 0 Å². The van der Waals surface area contributed by atoms with E-state index in [1.165, 1.54) is 6.07 Å². The second-order valence-electron chi connectivity index (χ2n) is 3.87. The smallest absolute Gasteiger partial charge is 0.131 e. The summed E-state index contributed by atoms with van der Waals surface area (Å²) in [4.78, 5) is 0. The molecule has 0 spiro atoms. The van der Waals surface area contributed by atoms with Crippen molar-refractivity contribution >= 4 is 0 Å². The maximum atomic E-state index is 13.5. The number of benzene rings is 1. The van der Waals surface area contributed by atoms with Crippen LogP contribution in [0.25, 0.3) is 0 Å². The topological polar surface area (TPSA) is 44.5 Å². The van der Waals surface area contributed by atoms with E-state index in [1.807, 2.05) is 6.92 Å². The van der Waals surface area contributed by atoms with Gasteiger partial charge in [-0.25, -0.2) is 4.39 Å². The first-order chi connectivity index (χ1) is 8.15. The van der Waals surface area contributed by atoms with Crippen LogP contribution in [0, 0.1) is 5.82 Å². The lowest BCUT2D eigenvalue weighted by Gasteiger charge is -2.10. The lowest BCUT2D eigenvalue weighted by molar-refractivity contribution is 0.131. The van der Waals surface area contributed by atoms with Crippen molar-refractivity contribution in [2.24, 2.45) is 5.73 Å². The molecule has 1 rings (SSSR count). The molecule has 0 saturated carbocycles. The molecule has 0 fully saturated rings. The molecule has 1 atom stereocenters. The summed E-state index contributed by atoms with van der Waals surface area (Å²) in [5, 5.41) is 0. The van der Waals surface area contributed by atoms with E-state index in [1.54, 1.807) is 19.1 Å². The summed E-state index contributed by atoms with van der Waals surface area (Å²) < 4.78 is 24.1. The first-order valence-corrected chi connectivity index (χ1v) is 5.90. The Labute approximate surface area is 102 Å². The molecular weight excluding hydrogens is 221 g/mol. The minimum absolute atomic E-state index is 0.304. The lowest BCUT2D eigenvalue weighted by atomic mass is 10.1. The maximum Gasteiger partial charge on any atom is 0.131 e. The molecule has 0 aromatic heterocycles. The van der Waals surface area contributed by atoms with Gasteiger partial charge in [0.2, 0.25) is 0 Å². The Morgan fingerprint density at radius 2 is 2.12 bits per heavy atom. The predicted octanol–water partition coefficient (Wildman–Crippen LogP) is 2.65. The van der Waals surface area contributed by atoms with Crippen molar-refractivity contribution in [1.29, 1.82) is 0 Å². The van der Waals surface area contributed by atoms with Gasteiger partial charge in [-0.05, 0) is 19.9 Å². The van der Waals surface area contributed by atoms with E-state index >= 15 is 0 Å². The zero-order valence-electron chi connectivity index (χ0n) is 10.4. The van der Waals surface area contributed by atoms with Gasteiger partial charge >= 0.3 is 0 Å². The summed E-state index contributed by atoms with van der Waals surface area (Å²) >= 11 is 0. The van der Waals surface area contributed by atoms with Crippen molar-refractivity contribution in [3.05, 3.63) is 29.6 Å². The van der Waals surface area contributed by atoms with Crippen molar-refractivity contribution < 1.29 is 13.9 Å². The van der Waals surface area contributed by atoms with E-state index in [2.05, 4.69) is 0 Å². The standard InChI is InChI=1S/C13H20FNO2/c1-3-16-7-4-8-17-11-5-6-12(10(2)15)13(14)9-11/h5-6,9-10H,3-4,7-8,15H2,1-2H3. The monoisotopic (exact) mass is 241 g/mol. The lowest BCUT2D eigenvalue weighted by Crippen LogP contribution is -2.08. The average molecular weight is 241 g/mol. The van der Waals surface area contributed by atoms with E-state index in [0.29, 0.717) is 31.1 Å². The van der Waals surface area contributed by atoms with Gasteiger partial charge in [0.05, 0.1) is 6.61 Å². The molecule has 0 aliphatic rings. The SMILES string of the molecule is CCOCCCOc1ccc(C(C)N)c(F)c1. The molecule has 0 aliphatic heterocycles. The normalized spacial score (nSPS) is 12.5. The van der Waals surface area contributed by atoms with Crippen LogP contribution >= 0.6 is 0 Å². The molecule has 0 bridgehead atoms. The van der Waals surface area contributed by atoms with E-state index in [9.17, 15) is 4.39 Å². The number of halogens is 1. The van der Waals surface area contributed by atoms with E-state index in [4.69, 9.17) is 15.2 Å². The zero-order chi connectivity index (χ0) is 12.7. The summed E-state index contributed by atoms with van der Waals surface area (Å²) in [5.41, 5.74) is 6.13. The van der Waals surface area contributed by atoms with Crippen molar-refractivity contribution in [3.8, 4) is 5.75 Å². The van der Waals surface area contributed by atoms with Crippen LogP contribution in [0.4, 0.5) is 4.39 Å². The molecule has 1 unspecified atom stereocenters. The van der Waals surface area contributed by atoms with Gasteiger partial charge in [-0.15, -0.1) is 0 Å². The quantitative estimate of drug-likeness (QED) is 0.746. The molecule has 1 aromatic carbocycles. The van der Waals surface area contributed by atoms with Gasteiger partial charge in [-0.1, -0.05) is 6.07 Å². The van der Waals surface area contributed by atoms with Crippen molar-refractivity contribution in [3.63, 3.8) is 0 Å². The minimum atomic E-state index is -0.317. The highest BCUT2D eigenvalue weighted by Crippen LogP contribution is 2.20. The Hall–Kier alpha value is -1.13. The third-order valence-corrected chi connectivity index (χ3v) is 2.37. The molecular formula is C13H20FNO2. The van der Waals surface area contributed by atoms with Crippen LogP contribution in [0.5, 0.6) is 5.75 Å². The zero-order valence-corrected chi connectivity index (χ0v) is 10.4. The Bertz CT molecular complexity index is 342. The van der Waals surface area contributed by atoms with E-state index in [-0.39, 0.29) is 11.9 Å². The van der Waals surface area contributed by atoms with Gasteiger partial charge in [-0.2, -0.15) is 0 Å². The fraction of sp³-hybridized carbons (Fsp3) is 0.538. The average Bonchev–Trinajstić information content (AvgIpc) is 2.28. The molecule has 96 valence electrons. The maximum absolute atomic E-state index is 13.5. The highest BCUT2D eigenvalue weighted by Gasteiger charge is 2.07. The highest BCUT2D eigenvalue weighted by atomic mass is 19.1. The Morgan fingerprint density at radius 3 is 2.71 bits per heavy atom. The number of ether oxygens (including phenoxy) is 2.